The van der Waals surface area contributed by atoms with Crippen LogP contribution in [0, 0.1) is 0 Å². The van der Waals surface area contributed by atoms with Crippen molar-refractivity contribution in [1.29, 1.82) is 0 Å². The van der Waals surface area contributed by atoms with Crippen molar-refractivity contribution in [2.45, 2.75) is 13.3 Å². The van der Waals surface area contributed by atoms with Gasteiger partial charge in [-0.1, -0.05) is 19.1 Å². The highest BCUT2D eigenvalue weighted by Gasteiger charge is 2.20. The first-order valence-corrected chi connectivity index (χ1v) is 11.2. The van der Waals surface area contributed by atoms with Gasteiger partial charge in [-0.15, -0.1) is 0 Å². The zero-order chi connectivity index (χ0) is 26.1. The molecule has 0 spiro atoms. The molecule has 4 rings (SSSR count). The van der Waals surface area contributed by atoms with Gasteiger partial charge in [0, 0.05) is 17.7 Å². The van der Waals surface area contributed by atoms with Gasteiger partial charge in [-0.3, -0.25) is 0 Å². The number of para-hydroxylation sites is 1. The topological polar surface area (TPSA) is 54.8 Å². The summed E-state index contributed by atoms with van der Waals surface area (Å²) in [6, 6.07) is 23.7. The standard InChI is InChI=1S/C26H25NO4.BF4/c1-4-15-30-20-12-10-19(11-13-20)27-22-17-25(31-23-8-6-5-7-21(22)23)18-9-14-24(28-2)26(16-18)29-3;2-1(3,4)5/h5-14,16-17H,4,15H2,1-3H3;/q;-1/p+1. The van der Waals surface area contributed by atoms with Crippen molar-refractivity contribution in [3.63, 3.8) is 0 Å². The van der Waals surface area contributed by atoms with Gasteiger partial charge < -0.3 is 35.9 Å². The van der Waals surface area contributed by atoms with E-state index in [4.69, 9.17) is 18.6 Å². The highest BCUT2D eigenvalue weighted by Crippen LogP contribution is 2.32. The summed E-state index contributed by atoms with van der Waals surface area (Å²) in [5, 5.41) is 1.95. The normalized spacial score (nSPS) is 11.6. The summed E-state index contributed by atoms with van der Waals surface area (Å²) in [5.41, 5.74) is 2.66. The van der Waals surface area contributed by atoms with E-state index >= 15 is 0 Å². The summed E-state index contributed by atoms with van der Waals surface area (Å²) in [5.74, 6) is 2.92. The number of fused-ring (bicyclic) bond motifs is 1. The zero-order valence-electron chi connectivity index (χ0n) is 20.1. The molecule has 0 aliphatic heterocycles. The summed E-state index contributed by atoms with van der Waals surface area (Å²) in [6.45, 7) is 2.81. The highest BCUT2D eigenvalue weighted by atomic mass is 19.5. The van der Waals surface area contributed by atoms with E-state index in [0.29, 0.717) is 18.1 Å². The average Bonchev–Trinajstić information content (AvgIpc) is 2.86. The molecule has 4 aromatic rings. The minimum Gasteiger partial charge on any atom is -0.494 e. The molecule has 1 N–H and O–H groups in total. The number of hydrogen-bond donors (Lipinski definition) is 1. The van der Waals surface area contributed by atoms with Crippen molar-refractivity contribution in [1.82, 2.24) is 0 Å². The van der Waals surface area contributed by atoms with Crippen molar-refractivity contribution < 1.29 is 40.9 Å². The van der Waals surface area contributed by atoms with Crippen LogP contribution in [0.1, 0.15) is 13.3 Å². The smallest absolute Gasteiger partial charge is 0.494 e. The Morgan fingerprint density at radius 1 is 0.833 bits per heavy atom. The molecule has 36 heavy (non-hydrogen) atoms. The molecule has 5 nitrogen and oxygen atoms in total. The summed E-state index contributed by atoms with van der Waals surface area (Å²) in [4.78, 5) is 3.52. The fraction of sp³-hybridized carbons (Fsp3) is 0.192. The van der Waals surface area contributed by atoms with Gasteiger partial charge in [-0.2, -0.15) is 0 Å². The Morgan fingerprint density at radius 2 is 1.50 bits per heavy atom. The molecular weight excluding hydrogens is 477 g/mol. The first-order chi connectivity index (χ1) is 17.2. The van der Waals surface area contributed by atoms with Gasteiger partial charge in [-0.05, 0) is 48.9 Å². The van der Waals surface area contributed by atoms with E-state index in [1.54, 1.807) is 14.2 Å². The van der Waals surface area contributed by atoms with E-state index in [1.165, 1.54) is 0 Å². The van der Waals surface area contributed by atoms with Crippen LogP contribution in [0.25, 0.3) is 22.3 Å². The molecule has 0 atom stereocenters. The molecule has 0 aliphatic carbocycles. The third-order valence-electron chi connectivity index (χ3n) is 4.95. The number of rotatable bonds is 7. The van der Waals surface area contributed by atoms with Crippen LogP contribution in [0.2, 0.25) is 0 Å². The fourth-order valence-electron chi connectivity index (χ4n) is 3.38. The highest BCUT2D eigenvalue weighted by molar-refractivity contribution is 6.50. The van der Waals surface area contributed by atoms with E-state index in [-0.39, 0.29) is 0 Å². The first kappa shape index (κ1) is 26.7. The van der Waals surface area contributed by atoms with E-state index in [1.807, 2.05) is 72.8 Å². The van der Waals surface area contributed by atoms with Gasteiger partial charge in [0.2, 0.25) is 11.0 Å². The fourth-order valence-corrected chi connectivity index (χ4v) is 3.38. The second-order valence-corrected chi connectivity index (χ2v) is 7.58. The van der Waals surface area contributed by atoms with Gasteiger partial charge in [0.1, 0.15) is 17.1 Å². The first-order valence-electron chi connectivity index (χ1n) is 11.2. The van der Waals surface area contributed by atoms with E-state index in [9.17, 15) is 17.3 Å². The Balaban J connectivity index is 0.000000658. The Morgan fingerprint density at radius 3 is 2.14 bits per heavy atom. The molecule has 10 heteroatoms. The molecule has 0 saturated heterocycles. The predicted octanol–water partition coefficient (Wildman–Crippen LogP) is 5.52. The lowest BCUT2D eigenvalue weighted by Crippen LogP contribution is -2.70. The number of ether oxygens (including phenoxy) is 3. The minimum absolute atomic E-state index is 0.653. The minimum atomic E-state index is -6.00. The summed E-state index contributed by atoms with van der Waals surface area (Å²) in [6.07, 6.45) is 0.985. The second kappa shape index (κ2) is 12.1. The number of halogens is 4. The van der Waals surface area contributed by atoms with Crippen LogP contribution in [-0.2, 0) is 0 Å². The Labute approximate surface area is 206 Å². The molecule has 0 aliphatic rings. The Kier molecular flexibility index (Phi) is 8.99. The van der Waals surface area contributed by atoms with Crippen molar-refractivity contribution in [2.24, 2.45) is 0 Å². The Bertz CT molecular complexity index is 1350. The molecular formula is C26H26BF4NO4. The maximum absolute atomic E-state index is 9.75. The molecule has 0 saturated carbocycles. The largest absolute Gasteiger partial charge is 0.673 e. The third-order valence-corrected chi connectivity index (χ3v) is 4.95. The van der Waals surface area contributed by atoms with Gasteiger partial charge in [-0.25, -0.2) is 4.99 Å². The maximum atomic E-state index is 9.75. The average molecular weight is 503 g/mol. The van der Waals surface area contributed by atoms with Crippen LogP contribution in [0.4, 0.5) is 23.0 Å². The third kappa shape index (κ3) is 7.53. The lowest BCUT2D eigenvalue weighted by molar-refractivity contribution is -0.400. The van der Waals surface area contributed by atoms with Gasteiger partial charge >= 0.3 is 7.25 Å². The number of benzene rings is 3. The van der Waals surface area contributed by atoms with Crippen LogP contribution < -0.4 is 24.6 Å². The molecule has 190 valence electrons. The van der Waals surface area contributed by atoms with Gasteiger partial charge in [0.25, 0.3) is 0 Å². The summed E-state index contributed by atoms with van der Waals surface area (Å²) < 4.78 is 61.7. The molecule has 3 aromatic carbocycles. The van der Waals surface area contributed by atoms with E-state index in [2.05, 4.69) is 11.9 Å². The van der Waals surface area contributed by atoms with Crippen molar-refractivity contribution in [3.05, 3.63) is 78.2 Å². The van der Waals surface area contributed by atoms with E-state index < -0.39 is 7.25 Å². The molecule has 0 amide bonds. The van der Waals surface area contributed by atoms with Gasteiger partial charge in [0.15, 0.2) is 11.5 Å². The number of methoxy groups -OCH3 is 2. The summed E-state index contributed by atoms with van der Waals surface area (Å²) in [7, 11) is -2.75. The Hall–Kier alpha value is -3.95. The van der Waals surface area contributed by atoms with Crippen LogP contribution in [0.5, 0.6) is 17.2 Å². The lowest BCUT2D eigenvalue weighted by atomic mass is 10.1. The van der Waals surface area contributed by atoms with Gasteiger partial charge in [0.05, 0.1) is 32.3 Å². The lowest BCUT2D eigenvalue weighted by Gasteiger charge is -2.09. The number of hydrogen-bond acceptors (Lipinski definition) is 4. The van der Waals surface area contributed by atoms with Crippen LogP contribution in [-0.4, -0.2) is 28.1 Å². The maximum Gasteiger partial charge on any atom is 0.673 e. The number of nitrogens with one attached hydrogen (secondary N) is 1. The SMILES string of the molecule is CCCOc1ccc([NH+]=c2cc(-c3ccc(OC)c(OC)c3)oc3ccccc23)cc1.F[B-](F)(F)F. The molecule has 0 fully saturated rings. The molecule has 1 aromatic heterocycles. The van der Waals surface area contributed by atoms with E-state index in [0.717, 1.165) is 45.5 Å². The predicted molar refractivity (Wildman–Crippen MR) is 131 cm³/mol. The van der Waals surface area contributed by atoms with Crippen LogP contribution >= 0.6 is 0 Å². The van der Waals surface area contributed by atoms with Crippen molar-refractivity contribution in [2.75, 3.05) is 20.8 Å². The monoisotopic (exact) mass is 503 g/mol. The van der Waals surface area contributed by atoms with Crippen LogP contribution in [0.3, 0.4) is 0 Å². The quantitative estimate of drug-likeness (QED) is 0.267. The van der Waals surface area contributed by atoms with Crippen molar-refractivity contribution in [3.8, 4) is 28.6 Å². The second-order valence-electron chi connectivity index (χ2n) is 7.58. The van der Waals surface area contributed by atoms with Crippen molar-refractivity contribution >= 4 is 23.9 Å². The van der Waals surface area contributed by atoms with Crippen LogP contribution in [0.15, 0.2) is 77.2 Å². The molecule has 1 heterocycles. The summed E-state index contributed by atoms with van der Waals surface area (Å²) >= 11 is 0. The molecule has 0 unspecified atom stereocenters. The molecule has 0 bridgehead atoms. The zero-order valence-corrected chi connectivity index (χ0v) is 20.1. The molecule has 0 radical (unpaired) electrons.